The van der Waals surface area contributed by atoms with E-state index in [2.05, 4.69) is 4.74 Å². The van der Waals surface area contributed by atoms with Gasteiger partial charge in [-0.25, -0.2) is 4.79 Å². The molecule has 15 heavy (non-hydrogen) atoms. The molecule has 5 heteroatoms. The third-order valence-corrected chi connectivity index (χ3v) is 2.50. The summed E-state index contributed by atoms with van der Waals surface area (Å²) in [6.07, 6.45) is 0.706. The van der Waals surface area contributed by atoms with Crippen LogP contribution in [-0.2, 0) is 15.8 Å². The van der Waals surface area contributed by atoms with E-state index in [9.17, 15) is 9.82 Å². The molecule has 0 amide bonds. The van der Waals surface area contributed by atoms with Gasteiger partial charge in [0, 0.05) is 12.1 Å². The van der Waals surface area contributed by atoms with Crippen molar-refractivity contribution in [3.63, 3.8) is 0 Å². The molecule has 0 atom stereocenters. The smallest absolute Gasteiger partial charge is 0.465 e. The molecular weight excluding hydrogens is 195 g/mol. The summed E-state index contributed by atoms with van der Waals surface area (Å²) in [6, 6.07) is 5.29. The van der Waals surface area contributed by atoms with E-state index in [0.717, 1.165) is 5.56 Å². The average Bonchev–Trinajstić information content (AvgIpc) is 2.28. The number of hydrogen-bond donors (Lipinski definition) is 1. The Hall–Kier alpha value is -1.33. The molecule has 0 bridgehead atoms. The Labute approximate surface area is 88.0 Å². The summed E-state index contributed by atoms with van der Waals surface area (Å²) in [5.74, 6) is -0.448. The second-order valence-corrected chi connectivity index (χ2v) is 3.34. The van der Waals surface area contributed by atoms with Crippen molar-refractivity contribution in [2.75, 3.05) is 13.7 Å². The van der Waals surface area contributed by atoms with Gasteiger partial charge >= 0.3 is 13.1 Å². The Kier molecular flexibility index (Phi) is 2.75. The van der Waals surface area contributed by atoms with E-state index >= 15 is 0 Å². The summed E-state index contributed by atoms with van der Waals surface area (Å²) in [4.78, 5) is 11.4. The Bertz CT molecular complexity index is 391. The predicted molar refractivity (Wildman–Crippen MR) is 55.0 cm³/mol. The number of carbonyl (C=O) groups excluding carboxylic acids is 1. The number of methoxy groups -OCH3 is 1. The minimum atomic E-state index is -1.02. The topological polar surface area (TPSA) is 55.8 Å². The minimum absolute atomic E-state index is 0.377. The van der Waals surface area contributed by atoms with Crippen LogP contribution in [0.15, 0.2) is 18.2 Å². The largest absolute Gasteiger partial charge is 0.492 e. The van der Waals surface area contributed by atoms with E-state index in [0.29, 0.717) is 24.1 Å². The van der Waals surface area contributed by atoms with E-state index < -0.39 is 13.1 Å². The van der Waals surface area contributed by atoms with Gasteiger partial charge in [-0.2, -0.15) is 0 Å². The lowest BCUT2D eigenvalue weighted by molar-refractivity contribution is 0.0601. The monoisotopic (exact) mass is 206 g/mol. The SMILES string of the molecule is COC(=O)c1cccc2c1B(O)OCC2. The molecule has 4 nitrogen and oxygen atoms in total. The second kappa shape index (κ2) is 4.04. The van der Waals surface area contributed by atoms with Crippen molar-refractivity contribution in [2.24, 2.45) is 0 Å². The zero-order valence-corrected chi connectivity index (χ0v) is 8.40. The number of benzene rings is 1. The highest BCUT2D eigenvalue weighted by molar-refractivity contribution is 6.62. The maximum Gasteiger partial charge on any atom is 0.492 e. The molecule has 0 unspecified atom stereocenters. The fraction of sp³-hybridized carbons (Fsp3) is 0.300. The van der Waals surface area contributed by atoms with Gasteiger partial charge in [-0.1, -0.05) is 12.1 Å². The van der Waals surface area contributed by atoms with Gasteiger partial charge < -0.3 is 14.4 Å². The van der Waals surface area contributed by atoms with E-state index in [1.165, 1.54) is 7.11 Å². The Morgan fingerprint density at radius 1 is 1.60 bits per heavy atom. The van der Waals surface area contributed by atoms with Crippen LogP contribution in [0.4, 0.5) is 0 Å². The molecule has 1 aliphatic rings. The van der Waals surface area contributed by atoms with E-state index in [4.69, 9.17) is 4.65 Å². The molecule has 0 radical (unpaired) electrons. The molecule has 0 spiro atoms. The summed E-state index contributed by atoms with van der Waals surface area (Å²) in [6.45, 7) is 0.471. The van der Waals surface area contributed by atoms with Gasteiger partial charge in [-0.3, -0.25) is 0 Å². The molecule has 1 heterocycles. The number of esters is 1. The molecule has 0 saturated carbocycles. The number of carbonyl (C=O) groups is 1. The van der Waals surface area contributed by atoms with Crippen LogP contribution in [0.1, 0.15) is 15.9 Å². The zero-order valence-electron chi connectivity index (χ0n) is 8.40. The maximum absolute atomic E-state index is 11.4. The quantitative estimate of drug-likeness (QED) is 0.507. The zero-order chi connectivity index (χ0) is 10.8. The maximum atomic E-state index is 11.4. The first-order valence-electron chi connectivity index (χ1n) is 4.74. The van der Waals surface area contributed by atoms with E-state index in [1.807, 2.05) is 6.07 Å². The van der Waals surface area contributed by atoms with Gasteiger partial charge in [-0.15, -0.1) is 0 Å². The van der Waals surface area contributed by atoms with E-state index in [1.54, 1.807) is 12.1 Å². The van der Waals surface area contributed by atoms with Crippen molar-refractivity contribution in [3.8, 4) is 0 Å². The van der Waals surface area contributed by atoms with Crippen LogP contribution < -0.4 is 5.46 Å². The second-order valence-electron chi connectivity index (χ2n) is 3.34. The summed E-state index contributed by atoms with van der Waals surface area (Å²) in [5.41, 5.74) is 1.86. The Morgan fingerprint density at radius 3 is 3.13 bits per heavy atom. The summed E-state index contributed by atoms with van der Waals surface area (Å²) >= 11 is 0. The van der Waals surface area contributed by atoms with E-state index in [-0.39, 0.29) is 0 Å². The lowest BCUT2D eigenvalue weighted by Crippen LogP contribution is -2.44. The van der Waals surface area contributed by atoms with Crippen LogP contribution >= 0.6 is 0 Å². The first-order chi connectivity index (χ1) is 7.24. The lowest BCUT2D eigenvalue weighted by atomic mass is 9.71. The van der Waals surface area contributed by atoms with Gasteiger partial charge in [0.2, 0.25) is 0 Å². The van der Waals surface area contributed by atoms with Gasteiger partial charge in [0.1, 0.15) is 0 Å². The fourth-order valence-electron chi connectivity index (χ4n) is 1.77. The van der Waals surface area contributed by atoms with Gasteiger partial charge in [-0.05, 0) is 18.1 Å². The Balaban J connectivity index is 2.51. The molecule has 1 aliphatic heterocycles. The Morgan fingerprint density at radius 2 is 2.40 bits per heavy atom. The molecule has 1 aromatic carbocycles. The van der Waals surface area contributed by atoms with Crippen molar-refractivity contribution in [1.29, 1.82) is 0 Å². The lowest BCUT2D eigenvalue weighted by Gasteiger charge is -2.20. The summed E-state index contributed by atoms with van der Waals surface area (Å²) < 4.78 is 9.73. The normalized spacial score (nSPS) is 14.7. The fourth-order valence-corrected chi connectivity index (χ4v) is 1.77. The first-order valence-corrected chi connectivity index (χ1v) is 4.74. The molecule has 78 valence electrons. The van der Waals surface area contributed by atoms with Crippen LogP contribution in [0.5, 0.6) is 0 Å². The predicted octanol–water partition coefficient (Wildman–Crippen LogP) is -0.267. The van der Waals surface area contributed by atoms with Gasteiger partial charge in [0.15, 0.2) is 0 Å². The third kappa shape index (κ3) is 1.76. The third-order valence-electron chi connectivity index (χ3n) is 2.50. The first kappa shape index (κ1) is 10.2. The number of rotatable bonds is 1. The molecular formula is C10H11BO4. The minimum Gasteiger partial charge on any atom is -0.465 e. The highest BCUT2D eigenvalue weighted by Gasteiger charge is 2.29. The highest BCUT2D eigenvalue weighted by Crippen LogP contribution is 2.11. The van der Waals surface area contributed by atoms with Crippen LogP contribution in [0.2, 0.25) is 0 Å². The van der Waals surface area contributed by atoms with Gasteiger partial charge in [0.05, 0.1) is 12.7 Å². The van der Waals surface area contributed by atoms with Crippen LogP contribution in [0.3, 0.4) is 0 Å². The van der Waals surface area contributed by atoms with Crippen molar-refractivity contribution >= 4 is 18.6 Å². The molecule has 0 aliphatic carbocycles. The number of ether oxygens (including phenoxy) is 1. The summed E-state index contributed by atoms with van der Waals surface area (Å²) in [7, 11) is 0.293. The van der Waals surface area contributed by atoms with Crippen molar-refractivity contribution in [1.82, 2.24) is 0 Å². The van der Waals surface area contributed by atoms with Crippen molar-refractivity contribution in [3.05, 3.63) is 29.3 Å². The van der Waals surface area contributed by atoms with Crippen LogP contribution in [0, 0.1) is 0 Å². The standard InChI is InChI=1S/C10H11BO4/c1-14-10(12)8-4-2-3-7-5-6-15-11(13)9(7)8/h2-4,13H,5-6H2,1H3. The molecule has 2 rings (SSSR count). The van der Waals surface area contributed by atoms with Gasteiger partial charge in [0.25, 0.3) is 0 Å². The molecule has 0 fully saturated rings. The van der Waals surface area contributed by atoms with Crippen LogP contribution in [-0.4, -0.2) is 31.8 Å². The van der Waals surface area contributed by atoms with Crippen molar-refractivity contribution in [2.45, 2.75) is 6.42 Å². The van der Waals surface area contributed by atoms with Crippen LogP contribution in [0.25, 0.3) is 0 Å². The molecule has 1 aromatic rings. The highest BCUT2D eigenvalue weighted by atomic mass is 16.5. The number of fused-ring (bicyclic) bond motifs is 1. The average molecular weight is 206 g/mol. The summed E-state index contributed by atoms with van der Waals surface area (Å²) in [5, 5.41) is 9.66. The molecule has 0 saturated heterocycles. The molecule has 0 aromatic heterocycles. The molecule has 1 N–H and O–H groups in total. The van der Waals surface area contributed by atoms with Crippen molar-refractivity contribution < 1.29 is 19.2 Å². The number of hydrogen-bond acceptors (Lipinski definition) is 4.